The molecule has 13 heavy (non-hydrogen) atoms. The summed E-state index contributed by atoms with van der Waals surface area (Å²) >= 11 is 0. The van der Waals surface area contributed by atoms with Crippen molar-refractivity contribution in [2.45, 2.75) is 0 Å². The van der Waals surface area contributed by atoms with E-state index in [1.165, 1.54) is 0 Å². The van der Waals surface area contributed by atoms with Crippen LogP contribution in [0.15, 0.2) is 18.5 Å². The van der Waals surface area contributed by atoms with Gasteiger partial charge in [0.15, 0.2) is 0 Å². The Morgan fingerprint density at radius 3 is 2.69 bits per heavy atom. The van der Waals surface area contributed by atoms with Gasteiger partial charge in [0.2, 0.25) is 5.95 Å². The lowest BCUT2D eigenvalue weighted by atomic mass is 10.6. The molecule has 70 valence electrons. The van der Waals surface area contributed by atoms with Gasteiger partial charge in [-0.2, -0.15) is 0 Å². The fourth-order valence-corrected chi connectivity index (χ4v) is 0.734. The van der Waals surface area contributed by atoms with Crippen molar-refractivity contribution in [3.05, 3.63) is 18.5 Å². The fourth-order valence-electron chi connectivity index (χ4n) is 0.734. The number of rotatable bonds is 4. The number of hydrogen-bond acceptors (Lipinski definition) is 4. The van der Waals surface area contributed by atoms with Crippen LogP contribution in [0.5, 0.6) is 0 Å². The highest BCUT2D eigenvalue weighted by Gasteiger charge is 1.94. The van der Waals surface area contributed by atoms with E-state index in [1.54, 1.807) is 18.5 Å². The van der Waals surface area contributed by atoms with E-state index in [2.05, 4.69) is 20.6 Å². The monoisotopic (exact) mass is 182 g/mol. The van der Waals surface area contributed by atoms with Gasteiger partial charge in [0.1, 0.15) is 0 Å². The summed E-state index contributed by atoms with van der Waals surface area (Å²) in [5.41, 5.74) is 0. The van der Waals surface area contributed by atoms with Gasteiger partial charge in [0.05, 0.1) is 0 Å². The average Bonchev–Trinajstić information content (AvgIpc) is 2.14. The van der Waals surface area contributed by atoms with Crippen molar-refractivity contribution < 1.29 is 9.90 Å². The first-order valence-corrected chi connectivity index (χ1v) is 3.77. The number of aromatic nitrogens is 2. The molecule has 0 fully saturated rings. The number of hydrogen-bond donors (Lipinski definition) is 3. The van der Waals surface area contributed by atoms with Crippen LogP contribution in [0.3, 0.4) is 0 Å². The predicted octanol–water partition coefficient (Wildman–Crippen LogP) is 0.156. The molecule has 0 aliphatic carbocycles. The van der Waals surface area contributed by atoms with Gasteiger partial charge in [-0.3, -0.25) is 0 Å². The number of amides is 1. The molecule has 0 radical (unpaired) electrons. The Morgan fingerprint density at radius 1 is 1.38 bits per heavy atom. The van der Waals surface area contributed by atoms with Crippen LogP contribution in [0.25, 0.3) is 0 Å². The fraction of sp³-hybridized carbons (Fsp3) is 0.286. The Balaban J connectivity index is 2.17. The maximum absolute atomic E-state index is 10.0. The molecule has 0 atom stereocenters. The summed E-state index contributed by atoms with van der Waals surface area (Å²) in [5, 5.41) is 13.3. The standard InChI is InChI=1S/C7H10N4O2/c12-7(13)11-5-4-10-6-8-2-1-3-9-6/h1-3,11H,4-5H2,(H,12,13)(H,8,9,10). The van der Waals surface area contributed by atoms with Crippen LogP contribution >= 0.6 is 0 Å². The summed E-state index contributed by atoms with van der Waals surface area (Å²) in [6, 6.07) is 1.71. The van der Waals surface area contributed by atoms with E-state index < -0.39 is 6.09 Å². The largest absolute Gasteiger partial charge is 0.465 e. The molecule has 1 amide bonds. The van der Waals surface area contributed by atoms with Gasteiger partial charge < -0.3 is 15.7 Å². The number of anilines is 1. The summed E-state index contributed by atoms with van der Waals surface area (Å²) in [6.07, 6.45) is 2.19. The van der Waals surface area contributed by atoms with Gasteiger partial charge in [-0.05, 0) is 6.07 Å². The first-order valence-electron chi connectivity index (χ1n) is 3.77. The van der Waals surface area contributed by atoms with Crippen molar-refractivity contribution in [2.75, 3.05) is 18.4 Å². The SMILES string of the molecule is O=C(O)NCCNc1ncccn1. The van der Waals surface area contributed by atoms with E-state index in [9.17, 15) is 4.79 Å². The number of carbonyl (C=O) groups is 1. The first-order chi connectivity index (χ1) is 6.29. The second-order valence-electron chi connectivity index (χ2n) is 2.23. The molecule has 1 heterocycles. The van der Waals surface area contributed by atoms with Gasteiger partial charge in [-0.15, -0.1) is 0 Å². The van der Waals surface area contributed by atoms with Crippen molar-refractivity contribution in [3.8, 4) is 0 Å². The summed E-state index contributed by atoms with van der Waals surface area (Å²) < 4.78 is 0. The third-order valence-corrected chi connectivity index (χ3v) is 1.25. The average molecular weight is 182 g/mol. The molecule has 0 bridgehead atoms. The van der Waals surface area contributed by atoms with Crippen LogP contribution < -0.4 is 10.6 Å². The molecule has 1 aromatic heterocycles. The van der Waals surface area contributed by atoms with E-state index in [0.717, 1.165) is 0 Å². The van der Waals surface area contributed by atoms with E-state index >= 15 is 0 Å². The molecule has 3 N–H and O–H groups in total. The lowest BCUT2D eigenvalue weighted by Gasteiger charge is -2.02. The zero-order valence-electron chi connectivity index (χ0n) is 6.90. The summed E-state index contributed by atoms with van der Waals surface area (Å²) in [5.74, 6) is 0.495. The lowest BCUT2D eigenvalue weighted by molar-refractivity contribution is 0.195. The summed E-state index contributed by atoms with van der Waals surface area (Å²) in [6.45, 7) is 0.796. The van der Waals surface area contributed by atoms with Crippen LogP contribution in [-0.4, -0.2) is 34.3 Å². The van der Waals surface area contributed by atoms with Crippen molar-refractivity contribution in [3.63, 3.8) is 0 Å². The number of nitrogens with one attached hydrogen (secondary N) is 2. The Labute approximate surface area is 75.0 Å². The number of carboxylic acid groups (broad SMARTS) is 1. The molecule has 0 aromatic carbocycles. The molecular formula is C7H10N4O2. The van der Waals surface area contributed by atoms with E-state index in [1.807, 2.05) is 0 Å². The van der Waals surface area contributed by atoms with Crippen molar-refractivity contribution >= 4 is 12.0 Å². The maximum atomic E-state index is 10.0. The summed E-state index contributed by atoms with van der Waals surface area (Å²) in [7, 11) is 0. The van der Waals surface area contributed by atoms with E-state index in [-0.39, 0.29) is 0 Å². The van der Waals surface area contributed by atoms with Gasteiger partial charge in [-0.1, -0.05) is 0 Å². The predicted molar refractivity (Wildman–Crippen MR) is 46.5 cm³/mol. The van der Waals surface area contributed by atoms with Gasteiger partial charge >= 0.3 is 6.09 Å². The molecule has 0 unspecified atom stereocenters. The highest BCUT2D eigenvalue weighted by Crippen LogP contribution is 1.91. The molecular weight excluding hydrogens is 172 g/mol. The maximum Gasteiger partial charge on any atom is 0.404 e. The zero-order chi connectivity index (χ0) is 9.52. The quantitative estimate of drug-likeness (QED) is 0.577. The van der Waals surface area contributed by atoms with Crippen LogP contribution in [0.4, 0.5) is 10.7 Å². The minimum atomic E-state index is -1.03. The zero-order valence-corrected chi connectivity index (χ0v) is 6.90. The number of nitrogens with zero attached hydrogens (tertiary/aromatic N) is 2. The summed E-state index contributed by atoms with van der Waals surface area (Å²) in [4.78, 5) is 17.8. The second kappa shape index (κ2) is 4.91. The molecule has 0 aliphatic heterocycles. The Kier molecular flexibility index (Phi) is 3.49. The highest BCUT2D eigenvalue weighted by molar-refractivity contribution is 5.64. The van der Waals surface area contributed by atoms with Gasteiger partial charge in [-0.25, -0.2) is 14.8 Å². The molecule has 6 heteroatoms. The lowest BCUT2D eigenvalue weighted by Crippen LogP contribution is -2.27. The van der Waals surface area contributed by atoms with Gasteiger partial charge in [0, 0.05) is 25.5 Å². The Bertz CT molecular complexity index is 264. The molecule has 0 spiro atoms. The minimum Gasteiger partial charge on any atom is -0.465 e. The van der Waals surface area contributed by atoms with E-state index in [4.69, 9.17) is 5.11 Å². The normalized spacial score (nSPS) is 9.23. The topological polar surface area (TPSA) is 87.1 Å². The van der Waals surface area contributed by atoms with Gasteiger partial charge in [0.25, 0.3) is 0 Å². The van der Waals surface area contributed by atoms with Crippen molar-refractivity contribution in [2.24, 2.45) is 0 Å². The minimum absolute atomic E-state index is 0.327. The van der Waals surface area contributed by atoms with Crippen LogP contribution in [0.2, 0.25) is 0 Å². The van der Waals surface area contributed by atoms with E-state index in [0.29, 0.717) is 19.0 Å². The molecule has 1 aromatic rings. The van der Waals surface area contributed by atoms with Crippen LogP contribution in [0, 0.1) is 0 Å². The first kappa shape index (κ1) is 9.24. The van der Waals surface area contributed by atoms with Crippen molar-refractivity contribution in [1.82, 2.24) is 15.3 Å². The molecule has 1 rings (SSSR count). The van der Waals surface area contributed by atoms with Crippen LogP contribution in [-0.2, 0) is 0 Å². The molecule has 0 saturated heterocycles. The van der Waals surface area contributed by atoms with Crippen LogP contribution in [0.1, 0.15) is 0 Å². The van der Waals surface area contributed by atoms with Crippen molar-refractivity contribution in [1.29, 1.82) is 0 Å². The second-order valence-corrected chi connectivity index (χ2v) is 2.23. The highest BCUT2D eigenvalue weighted by atomic mass is 16.4. The third kappa shape index (κ3) is 3.90. The smallest absolute Gasteiger partial charge is 0.404 e. The molecule has 0 aliphatic rings. The molecule has 6 nitrogen and oxygen atoms in total. The Morgan fingerprint density at radius 2 is 2.08 bits per heavy atom. The molecule has 0 saturated carbocycles. The third-order valence-electron chi connectivity index (χ3n) is 1.25. The Hall–Kier alpha value is -1.85.